The molecule has 21 heavy (non-hydrogen) atoms. The molecule has 1 heterocycles. The third-order valence-electron chi connectivity index (χ3n) is 3.20. The number of amides is 1. The number of carboxylic acid groups (broad SMARTS) is 1. The maximum Gasteiger partial charge on any atom is 0.328 e. The molecule has 112 valence electrons. The van der Waals surface area contributed by atoms with Crippen molar-refractivity contribution in [1.29, 1.82) is 0 Å². The molecule has 0 saturated carbocycles. The number of aliphatic carboxylic acids is 1. The number of morpholine rings is 1. The van der Waals surface area contributed by atoms with E-state index in [1.165, 1.54) is 6.08 Å². The SMILES string of the molecule is Cc1ccc(/C=C/C(=O)O)cc1C(=O)NN1CCOCC1. The van der Waals surface area contributed by atoms with Crippen LogP contribution in [0.1, 0.15) is 21.5 Å². The predicted molar refractivity (Wildman–Crippen MR) is 77.7 cm³/mol. The highest BCUT2D eigenvalue weighted by Gasteiger charge is 2.15. The summed E-state index contributed by atoms with van der Waals surface area (Å²) in [6.07, 6.45) is 2.52. The van der Waals surface area contributed by atoms with E-state index in [9.17, 15) is 9.59 Å². The smallest absolute Gasteiger partial charge is 0.328 e. The van der Waals surface area contributed by atoms with Gasteiger partial charge in [-0.1, -0.05) is 12.1 Å². The van der Waals surface area contributed by atoms with E-state index in [1.807, 2.05) is 11.9 Å². The standard InChI is InChI=1S/C15H18N2O4/c1-11-2-3-12(4-5-14(18)19)10-13(11)15(20)16-17-6-8-21-9-7-17/h2-5,10H,6-9H2,1H3,(H,16,20)(H,18,19)/b5-4+. The van der Waals surface area contributed by atoms with Gasteiger partial charge in [-0.25, -0.2) is 9.80 Å². The number of nitrogens with one attached hydrogen (secondary N) is 1. The Bertz CT molecular complexity index is 563. The van der Waals surface area contributed by atoms with Gasteiger partial charge in [0.25, 0.3) is 5.91 Å². The first-order valence-corrected chi connectivity index (χ1v) is 6.71. The lowest BCUT2D eigenvalue weighted by Crippen LogP contribution is -2.48. The van der Waals surface area contributed by atoms with Crippen LogP contribution in [0.3, 0.4) is 0 Å². The number of hydrazine groups is 1. The van der Waals surface area contributed by atoms with Gasteiger partial charge in [0, 0.05) is 24.7 Å². The summed E-state index contributed by atoms with van der Waals surface area (Å²) in [6, 6.07) is 5.26. The van der Waals surface area contributed by atoms with E-state index < -0.39 is 5.97 Å². The van der Waals surface area contributed by atoms with Crippen LogP contribution in [0.25, 0.3) is 6.08 Å². The number of ether oxygens (including phenoxy) is 1. The Morgan fingerprint density at radius 3 is 2.71 bits per heavy atom. The van der Waals surface area contributed by atoms with Crippen LogP contribution in [-0.2, 0) is 9.53 Å². The molecular formula is C15H18N2O4. The van der Waals surface area contributed by atoms with Crippen molar-refractivity contribution >= 4 is 18.0 Å². The van der Waals surface area contributed by atoms with Gasteiger partial charge in [-0.15, -0.1) is 0 Å². The van der Waals surface area contributed by atoms with E-state index >= 15 is 0 Å². The lowest BCUT2D eigenvalue weighted by Gasteiger charge is -2.27. The van der Waals surface area contributed by atoms with Crippen LogP contribution in [0.5, 0.6) is 0 Å². The first kappa shape index (κ1) is 15.2. The minimum absolute atomic E-state index is 0.194. The van der Waals surface area contributed by atoms with Crippen LogP contribution < -0.4 is 5.43 Å². The fourth-order valence-corrected chi connectivity index (χ4v) is 2.03. The topological polar surface area (TPSA) is 78.9 Å². The first-order chi connectivity index (χ1) is 10.1. The van der Waals surface area contributed by atoms with Gasteiger partial charge in [0.05, 0.1) is 13.2 Å². The molecule has 6 heteroatoms. The Morgan fingerprint density at radius 2 is 2.05 bits per heavy atom. The molecule has 1 aliphatic rings. The average Bonchev–Trinajstić information content (AvgIpc) is 2.47. The normalized spacial score (nSPS) is 16.0. The molecular weight excluding hydrogens is 272 g/mol. The third-order valence-corrected chi connectivity index (χ3v) is 3.20. The van der Waals surface area contributed by atoms with Crippen LogP contribution >= 0.6 is 0 Å². The minimum atomic E-state index is -1.02. The minimum Gasteiger partial charge on any atom is -0.478 e. The van der Waals surface area contributed by atoms with Crippen LogP contribution in [0.4, 0.5) is 0 Å². The first-order valence-electron chi connectivity index (χ1n) is 6.71. The van der Waals surface area contributed by atoms with Gasteiger partial charge >= 0.3 is 5.97 Å². The monoisotopic (exact) mass is 290 g/mol. The van der Waals surface area contributed by atoms with Gasteiger partial charge in [0.15, 0.2) is 0 Å². The molecule has 0 atom stereocenters. The van der Waals surface area contributed by atoms with Crippen molar-refractivity contribution < 1.29 is 19.4 Å². The maximum absolute atomic E-state index is 12.3. The van der Waals surface area contributed by atoms with E-state index in [1.54, 1.807) is 18.2 Å². The summed E-state index contributed by atoms with van der Waals surface area (Å²) in [5, 5.41) is 10.5. The third kappa shape index (κ3) is 4.40. The molecule has 1 fully saturated rings. The number of hydrogen-bond donors (Lipinski definition) is 2. The van der Waals surface area contributed by atoms with Crippen LogP contribution in [0, 0.1) is 6.92 Å². The van der Waals surface area contributed by atoms with E-state index in [0.717, 1.165) is 11.6 Å². The van der Waals surface area contributed by atoms with Crippen molar-refractivity contribution in [2.75, 3.05) is 26.3 Å². The second-order valence-electron chi connectivity index (χ2n) is 4.79. The summed E-state index contributed by atoms with van der Waals surface area (Å²) < 4.78 is 5.23. The zero-order valence-corrected chi connectivity index (χ0v) is 11.8. The van der Waals surface area contributed by atoms with Gasteiger partial charge in [-0.05, 0) is 30.2 Å². The van der Waals surface area contributed by atoms with Gasteiger partial charge in [0.2, 0.25) is 0 Å². The molecule has 2 N–H and O–H groups in total. The van der Waals surface area contributed by atoms with Crippen molar-refractivity contribution in [3.8, 4) is 0 Å². The summed E-state index contributed by atoms with van der Waals surface area (Å²) in [6.45, 7) is 4.35. The Morgan fingerprint density at radius 1 is 1.33 bits per heavy atom. The molecule has 1 aromatic rings. The Hall–Kier alpha value is -2.18. The lowest BCUT2D eigenvalue weighted by molar-refractivity contribution is -0.131. The fraction of sp³-hybridized carbons (Fsp3) is 0.333. The van der Waals surface area contributed by atoms with Crippen molar-refractivity contribution in [3.05, 3.63) is 41.0 Å². The number of carbonyl (C=O) groups excluding carboxylic acids is 1. The Labute approximate surface area is 123 Å². The molecule has 0 bridgehead atoms. The quantitative estimate of drug-likeness (QED) is 0.811. The zero-order valence-electron chi connectivity index (χ0n) is 11.8. The second-order valence-corrected chi connectivity index (χ2v) is 4.79. The van der Waals surface area contributed by atoms with E-state index in [-0.39, 0.29) is 5.91 Å². The Kier molecular flexibility index (Phi) is 5.08. The molecule has 0 spiro atoms. The maximum atomic E-state index is 12.3. The molecule has 0 aromatic heterocycles. The molecule has 1 saturated heterocycles. The highest BCUT2D eigenvalue weighted by Crippen LogP contribution is 2.13. The number of rotatable bonds is 4. The molecule has 1 aromatic carbocycles. The van der Waals surface area contributed by atoms with Crippen LogP contribution in [-0.4, -0.2) is 48.3 Å². The molecule has 0 radical (unpaired) electrons. The molecule has 1 amide bonds. The van der Waals surface area contributed by atoms with Gasteiger partial charge in [-0.2, -0.15) is 0 Å². The number of benzene rings is 1. The molecule has 6 nitrogen and oxygen atoms in total. The summed E-state index contributed by atoms with van der Waals surface area (Å²) in [4.78, 5) is 22.8. The van der Waals surface area contributed by atoms with E-state index in [2.05, 4.69) is 5.43 Å². The summed E-state index contributed by atoms with van der Waals surface area (Å²) in [5.74, 6) is -1.21. The van der Waals surface area contributed by atoms with E-state index in [4.69, 9.17) is 9.84 Å². The molecule has 1 aliphatic heterocycles. The number of nitrogens with zero attached hydrogens (tertiary/aromatic N) is 1. The van der Waals surface area contributed by atoms with Crippen molar-refractivity contribution in [2.45, 2.75) is 6.92 Å². The van der Waals surface area contributed by atoms with Gasteiger partial charge in [-0.3, -0.25) is 10.2 Å². The van der Waals surface area contributed by atoms with Crippen LogP contribution in [0.2, 0.25) is 0 Å². The molecule has 0 unspecified atom stereocenters. The number of carboxylic acids is 1. The summed E-state index contributed by atoms with van der Waals surface area (Å²) in [5.41, 5.74) is 4.90. The molecule has 2 rings (SSSR count). The van der Waals surface area contributed by atoms with E-state index in [0.29, 0.717) is 37.4 Å². The van der Waals surface area contributed by atoms with Gasteiger partial charge in [0.1, 0.15) is 0 Å². The van der Waals surface area contributed by atoms with Crippen molar-refractivity contribution in [2.24, 2.45) is 0 Å². The van der Waals surface area contributed by atoms with Gasteiger partial charge < -0.3 is 9.84 Å². The largest absolute Gasteiger partial charge is 0.478 e. The molecule has 0 aliphatic carbocycles. The highest BCUT2D eigenvalue weighted by atomic mass is 16.5. The fourth-order valence-electron chi connectivity index (χ4n) is 2.03. The van der Waals surface area contributed by atoms with Crippen LogP contribution in [0.15, 0.2) is 24.3 Å². The summed E-state index contributed by atoms with van der Waals surface area (Å²) in [7, 11) is 0. The highest BCUT2D eigenvalue weighted by molar-refractivity contribution is 5.96. The van der Waals surface area contributed by atoms with Crippen molar-refractivity contribution in [3.63, 3.8) is 0 Å². The van der Waals surface area contributed by atoms with Crippen molar-refractivity contribution in [1.82, 2.24) is 10.4 Å². The Balaban J connectivity index is 2.11. The lowest BCUT2D eigenvalue weighted by atomic mass is 10.0. The average molecular weight is 290 g/mol. The summed E-state index contributed by atoms with van der Waals surface area (Å²) >= 11 is 0. The predicted octanol–water partition coefficient (Wildman–Crippen LogP) is 1.07. The number of hydrogen-bond acceptors (Lipinski definition) is 4. The number of carbonyl (C=O) groups is 2. The second kappa shape index (κ2) is 7.01. The zero-order chi connectivity index (χ0) is 15.2. The number of aryl methyl sites for hydroxylation is 1.